The standard InChI is InChI=1S/C23H26N4/c1-2-17-9-14-25-23(15-17)27-22-8-4-7-21(26-22)20-6-3-5-19(16-20)18-10-12-24-13-11-18/h3-9,14-16,18,24H,2,10-13H2,1H3,(H,25,26,27). The van der Waals surface area contributed by atoms with Crippen molar-refractivity contribution < 1.29 is 0 Å². The van der Waals surface area contributed by atoms with Crippen LogP contribution in [0.15, 0.2) is 60.8 Å². The van der Waals surface area contributed by atoms with Gasteiger partial charge in [0.2, 0.25) is 0 Å². The molecule has 1 saturated heterocycles. The highest BCUT2D eigenvalue weighted by atomic mass is 15.1. The smallest absolute Gasteiger partial charge is 0.132 e. The first-order valence-electron chi connectivity index (χ1n) is 9.82. The van der Waals surface area contributed by atoms with Gasteiger partial charge in [-0.2, -0.15) is 0 Å². The van der Waals surface area contributed by atoms with Crippen LogP contribution in [0.2, 0.25) is 0 Å². The molecule has 1 fully saturated rings. The molecule has 0 bridgehead atoms. The minimum absolute atomic E-state index is 0.647. The zero-order valence-corrected chi connectivity index (χ0v) is 15.8. The van der Waals surface area contributed by atoms with E-state index in [1.807, 2.05) is 24.4 Å². The summed E-state index contributed by atoms with van der Waals surface area (Å²) in [7, 11) is 0. The van der Waals surface area contributed by atoms with Crippen LogP contribution in [-0.2, 0) is 6.42 Å². The molecule has 0 unspecified atom stereocenters. The molecule has 2 N–H and O–H groups in total. The second kappa shape index (κ2) is 8.31. The van der Waals surface area contributed by atoms with Gasteiger partial charge in [-0.1, -0.05) is 31.2 Å². The Hall–Kier alpha value is -2.72. The van der Waals surface area contributed by atoms with Crippen molar-refractivity contribution in [2.75, 3.05) is 18.4 Å². The van der Waals surface area contributed by atoms with Crippen molar-refractivity contribution in [2.24, 2.45) is 0 Å². The summed E-state index contributed by atoms with van der Waals surface area (Å²) < 4.78 is 0. The van der Waals surface area contributed by atoms with Gasteiger partial charge in [0.05, 0.1) is 5.69 Å². The molecule has 1 aromatic carbocycles. The van der Waals surface area contributed by atoms with E-state index in [9.17, 15) is 0 Å². The summed E-state index contributed by atoms with van der Waals surface area (Å²) in [6, 6.07) is 19.1. The van der Waals surface area contributed by atoms with Crippen molar-refractivity contribution in [1.29, 1.82) is 0 Å². The summed E-state index contributed by atoms with van der Waals surface area (Å²) in [4.78, 5) is 9.22. The Morgan fingerprint density at radius 2 is 1.85 bits per heavy atom. The highest BCUT2D eigenvalue weighted by molar-refractivity contribution is 5.64. The van der Waals surface area contributed by atoms with E-state index < -0.39 is 0 Å². The lowest BCUT2D eigenvalue weighted by Gasteiger charge is -2.23. The van der Waals surface area contributed by atoms with Crippen LogP contribution in [-0.4, -0.2) is 23.1 Å². The van der Waals surface area contributed by atoms with Crippen molar-refractivity contribution in [3.05, 3.63) is 71.9 Å². The van der Waals surface area contributed by atoms with Crippen LogP contribution in [0.4, 0.5) is 11.6 Å². The van der Waals surface area contributed by atoms with Crippen molar-refractivity contribution in [2.45, 2.75) is 32.1 Å². The molecule has 0 aliphatic carbocycles. The Morgan fingerprint density at radius 3 is 2.70 bits per heavy atom. The maximum Gasteiger partial charge on any atom is 0.132 e. The zero-order valence-electron chi connectivity index (χ0n) is 15.8. The molecule has 0 saturated carbocycles. The molecule has 4 nitrogen and oxygen atoms in total. The maximum absolute atomic E-state index is 4.82. The van der Waals surface area contributed by atoms with Crippen LogP contribution < -0.4 is 10.6 Å². The van der Waals surface area contributed by atoms with Crippen LogP contribution in [0.1, 0.15) is 36.8 Å². The summed E-state index contributed by atoms with van der Waals surface area (Å²) in [6.07, 6.45) is 5.25. The number of rotatable bonds is 5. The fourth-order valence-corrected chi connectivity index (χ4v) is 3.67. The van der Waals surface area contributed by atoms with Gasteiger partial charge in [0.25, 0.3) is 0 Å². The third kappa shape index (κ3) is 4.34. The van der Waals surface area contributed by atoms with Crippen LogP contribution in [0.3, 0.4) is 0 Å². The van der Waals surface area contributed by atoms with E-state index >= 15 is 0 Å². The van der Waals surface area contributed by atoms with Gasteiger partial charge in [0.1, 0.15) is 11.6 Å². The number of hydrogen-bond donors (Lipinski definition) is 2. The number of aromatic nitrogens is 2. The molecule has 2 aromatic heterocycles. The Morgan fingerprint density at radius 1 is 1.00 bits per heavy atom. The normalized spacial score (nSPS) is 14.9. The number of nitrogens with zero attached hydrogens (tertiary/aromatic N) is 2. The molecule has 0 radical (unpaired) electrons. The monoisotopic (exact) mass is 358 g/mol. The van der Waals surface area contributed by atoms with Gasteiger partial charge in [-0.25, -0.2) is 9.97 Å². The van der Waals surface area contributed by atoms with E-state index in [0.29, 0.717) is 5.92 Å². The summed E-state index contributed by atoms with van der Waals surface area (Å²) in [5, 5.41) is 6.78. The predicted octanol–water partition coefficient (Wildman–Crippen LogP) is 4.92. The van der Waals surface area contributed by atoms with Crippen molar-refractivity contribution in [1.82, 2.24) is 15.3 Å². The van der Waals surface area contributed by atoms with Crippen LogP contribution in [0, 0.1) is 0 Å². The maximum atomic E-state index is 4.82. The molecule has 27 heavy (non-hydrogen) atoms. The molecule has 0 amide bonds. The van der Waals surface area contributed by atoms with Gasteiger partial charge >= 0.3 is 0 Å². The largest absolute Gasteiger partial charge is 0.325 e. The fourth-order valence-electron chi connectivity index (χ4n) is 3.67. The molecule has 3 heterocycles. The molecular weight excluding hydrogens is 332 g/mol. The molecular formula is C23H26N4. The van der Waals surface area contributed by atoms with Gasteiger partial charge in [-0.3, -0.25) is 0 Å². The SMILES string of the molecule is CCc1ccnc(Nc2cccc(-c3cccc(C4CCNCC4)c3)n2)c1. The predicted molar refractivity (Wildman–Crippen MR) is 111 cm³/mol. The Labute approximate surface area is 161 Å². The Kier molecular flexibility index (Phi) is 5.45. The van der Waals surface area contributed by atoms with E-state index in [2.05, 4.69) is 58.9 Å². The number of benzene rings is 1. The van der Waals surface area contributed by atoms with Crippen LogP contribution in [0.5, 0.6) is 0 Å². The van der Waals surface area contributed by atoms with E-state index in [1.165, 1.54) is 29.5 Å². The third-order valence-electron chi connectivity index (χ3n) is 5.23. The van der Waals surface area contributed by atoms with E-state index in [4.69, 9.17) is 4.98 Å². The highest BCUT2D eigenvalue weighted by Crippen LogP contribution is 2.29. The van der Waals surface area contributed by atoms with Crippen LogP contribution >= 0.6 is 0 Å². The van der Waals surface area contributed by atoms with Gasteiger partial charge in [-0.05, 0) is 79.7 Å². The third-order valence-corrected chi connectivity index (χ3v) is 5.23. The minimum atomic E-state index is 0.647. The van der Waals surface area contributed by atoms with Gasteiger partial charge in [0.15, 0.2) is 0 Å². The van der Waals surface area contributed by atoms with Gasteiger partial charge in [0, 0.05) is 11.8 Å². The fraction of sp³-hybridized carbons (Fsp3) is 0.304. The topological polar surface area (TPSA) is 49.8 Å². The molecule has 4 heteroatoms. The number of aryl methyl sites for hydroxylation is 1. The first-order valence-corrected chi connectivity index (χ1v) is 9.82. The molecule has 3 aromatic rings. The average Bonchev–Trinajstić information content (AvgIpc) is 2.75. The number of nitrogens with one attached hydrogen (secondary N) is 2. The van der Waals surface area contributed by atoms with E-state index in [0.717, 1.165) is 36.8 Å². The average molecular weight is 358 g/mol. The first kappa shape index (κ1) is 17.7. The second-order valence-corrected chi connectivity index (χ2v) is 7.09. The van der Waals surface area contributed by atoms with E-state index in [-0.39, 0.29) is 0 Å². The lowest BCUT2D eigenvalue weighted by atomic mass is 9.89. The summed E-state index contributed by atoms with van der Waals surface area (Å²) in [6.45, 7) is 4.36. The number of anilines is 2. The van der Waals surface area contributed by atoms with Crippen molar-refractivity contribution >= 4 is 11.6 Å². The van der Waals surface area contributed by atoms with Gasteiger partial charge < -0.3 is 10.6 Å². The molecule has 1 aliphatic heterocycles. The second-order valence-electron chi connectivity index (χ2n) is 7.09. The summed E-state index contributed by atoms with van der Waals surface area (Å²) in [5.74, 6) is 2.30. The lowest BCUT2D eigenvalue weighted by Crippen LogP contribution is -2.26. The first-order chi connectivity index (χ1) is 13.3. The summed E-state index contributed by atoms with van der Waals surface area (Å²) >= 11 is 0. The van der Waals surface area contributed by atoms with Crippen molar-refractivity contribution in [3.63, 3.8) is 0 Å². The Balaban J connectivity index is 1.57. The van der Waals surface area contributed by atoms with Crippen LogP contribution in [0.25, 0.3) is 11.3 Å². The van der Waals surface area contributed by atoms with Crippen molar-refractivity contribution in [3.8, 4) is 11.3 Å². The highest BCUT2D eigenvalue weighted by Gasteiger charge is 2.15. The number of piperidine rings is 1. The molecule has 1 aliphatic rings. The molecule has 0 spiro atoms. The lowest BCUT2D eigenvalue weighted by molar-refractivity contribution is 0.460. The Bertz CT molecular complexity index is 900. The van der Waals surface area contributed by atoms with Gasteiger partial charge in [-0.15, -0.1) is 0 Å². The number of pyridine rings is 2. The quantitative estimate of drug-likeness (QED) is 0.680. The zero-order chi connectivity index (χ0) is 18.5. The minimum Gasteiger partial charge on any atom is -0.325 e. The molecule has 4 rings (SSSR count). The summed E-state index contributed by atoms with van der Waals surface area (Å²) in [5.41, 5.74) is 4.84. The number of hydrogen-bond acceptors (Lipinski definition) is 4. The molecule has 138 valence electrons. The van der Waals surface area contributed by atoms with E-state index in [1.54, 1.807) is 0 Å². The molecule has 0 atom stereocenters.